The molecule has 0 aromatic carbocycles. The van der Waals surface area contributed by atoms with Gasteiger partial charge < -0.3 is 4.90 Å². The number of rotatable bonds is 5. The second kappa shape index (κ2) is 7.67. The molecule has 0 spiro atoms. The first kappa shape index (κ1) is 20.5. The van der Waals surface area contributed by atoms with Crippen molar-refractivity contribution in [3.8, 4) is 0 Å². The zero-order chi connectivity index (χ0) is 20.6. The van der Waals surface area contributed by atoms with Crippen LogP contribution in [0.3, 0.4) is 0 Å². The molecular weight excluding hydrogens is 380 g/mol. The first-order chi connectivity index (χ1) is 13.1. The van der Waals surface area contributed by atoms with Gasteiger partial charge in [-0.25, -0.2) is 8.42 Å². The van der Waals surface area contributed by atoms with Crippen LogP contribution in [0.5, 0.6) is 0 Å². The molecule has 9 nitrogen and oxygen atoms in total. The van der Waals surface area contributed by atoms with E-state index in [4.69, 9.17) is 0 Å². The summed E-state index contributed by atoms with van der Waals surface area (Å²) in [5.74, 6) is -0.381. The summed E-state index contributed by atoms with van der Waals surface area (Å²) in [6.45, 7) is 4.78. The fourth-order valence-electron chi connectivity index (χ4n) is 3.58. The Morgan fingerprint density at radius 1 is 1.18 bits per heavy atom. The number of carbonyl (C=O) groups excluding carboxylic acids is 1. The Labute approximate surface area is 166 Å². The van der Waals surface area contributed by atoms with Gasteiger partial charge in [-0.1, -0.05) is 0 Å². The normalized spacial score (nSPS) is 18.4. The van der Waals surface area contributed by atoms with Crippen molar-refractivity contribution in [3.05, 3.63) is 29.3 Å². The van der Waals surface area contributed by atoms with Gasteiger partial charge in [-0.05, 0) is 26.7 Å². The summed E-state index contributed by atoms with van der Waals surface area (Å²) in [5, 5.41) is 8.26. The Kier molecular flexibility index (Phi) is 5.62. The van der Waals surface area contributed by atoms with Gasteiger partial charge in [0.05, 0.1) is 24.0 Å². The molecule has 1 saturated heterocycles. The molecule has 1 unspecified atom stereocenters. The first-order valence-electron chi connectivity index (χ1n) is 9.34. The van der Waals surface area contributed by atoms with E-state index in [-0.39, 0.29) is 23.3 Å². The molecule has 154 valence electrons. The number of amides is 1. The van der Waals surface area contributed by atoms with E-state index in [1.165, 1.54) is 10.5 Å². The summed E-state index contributed by atoms with van der Waals surface area (Å²) >= 11 is 0. The summed E-state index contributed by atoms with van der Waals surface area (Å²) in [6.07, 6.45) is 4.50. The van der Waals surface area contributed by atoms with E-state index < -0.39 is 10.0 Å². The standard InChI is InChI=1S/C18H28N6O3S/c1-13-16(9-19-22(13)4)11-21(3)18(25)15-7-6-8-24(12-15)28(26,27)17-10-20-23(5)14(17)2/h9-10,15H,6-8,11-12H2,1-5H3. The van der Waals surface area contributed by atoms with Crippen LogP contribution in [-0.2, 0) is 35.5 Å². The van der Waals surface area contributed by atoms with Crippen LogP contribution in [0.2, 0.25) is 0 Å². The molecule has 1 aliphatic rings. The van der Waals surface area contributed by atoms with Crippen molar-refractivity contribution in [2.45, 2.75) is 38.1 Å². The summed E-state index contributed by atoms with van der Waals surface area (Å²) in [7, 11) is 1.68. The van der Waals surface area contributed by atoms with Gasteiger partial charge in [-0.15, -0.1) is 0 Å². The number of aromatic nitrogens is 4. The maximum Gasteiger partial charge on any atom is 0.246 e. The van der Waals surface area contributed by atoms with Crippen LogP contribution in [-0.4, -0.2) is 63.2 Å². The van der Waals surface area contributed by atoms with Gasteiger partial charge in [0.2, 0.25) is 15.9 Å². The minimum atomic E-state index is -3.66. The molecule has 1 aliphatic heterocycles. The van der Waals surface area contributed by atoms with Crippen LogP contribution in [0.25, 0.3) is 0 Å². The van der Waals surface area contributed by atoms with E-state index >= 15 is 0 Å². The quantitative estimate of drug-likeness (QED) is 0.731. The minimum absolute atomic E-state index is 0.0361. The minimum Gasteiger partial charge on any atom is -0.341 e. The zero-order valence-corrected chi connectivity index (χ0v) is 17.9. The summed E-state index contributed by atoms with van der Waals surface area (Å²) < 4.78 is 30.8. The second-order valence-electron chi connectivity index (χ2n) is 7.49. The Morgan fingerprint density at radius 2 is 1.82 bits per heavy atom. The third-order valence-electron chi connectivity index (χ3n) is 5.66. The Hall–Kier alpha value is -2.20. The van der Waals surface area contributed by atoms with Gasteiger partial charge in [0.15, 0.2) is 0 Å². The molecule has 28 heavy (non-hydrogen) atoms. The van der Waals surface area contributed by atoms with Gasteiger partial charge in [0, 0.05) is 52.0 Å². The zero-order valence-electron chi connectivity index (χ0n) is 17.1. The largest absolute Gasteiger partial charge is 0.341 e. The smallest absolute Gasteiger partial charge is 0.246 e. The number of aryl methyl sites for hydroxylation is 2. The predicted octanol–water partition coefficient (Wildman–Crippen LogP) is 0.830. The average molecular weight is 409 g/mol. The lowest BCUT2D eigenvalue weighted by atomic mass is 9.98. The highest BCUT2D eigenvalue weighted by molar-refractivity contribution is 7.89. The topological polar surface area (TPSA) is 93.3 Å². The SMILES string of the molecule is Cc1c(CN(C)C(=O)C2CCCN(S(=O)(=O)c3cnn(C)c3C)C2)cnn1C. The monoisotopic (exact) mass is 408 g/mol. The van der Waals surface area contributed by atoms with Gasteiger partial charge in [0.25, 0.3) is 0 Å². The van der Waals surface area contributed by atoms with Crippen molar-refractivity contribution in [1.29, 1.82) is 0 Å². The van der Waals surface area contributed by atoms with Gasteiger partial charge in [-0.3, -0.25) is 14.2 Å². The highest BCUT2D eigenvalue weighted by Gasteiger charge is 2.36. The number of nitrogens with zero attached hydrogens (tertiary/aromatic N) is 6. The van der Waals surface area contributed by atoms with Crippen LogP contribution >= 0.6 is 0 Å². The van der Waals surface area contributed by atoms with Crippen LogP contribution < -0.4 is 0 Å². The number of hydrogen-bond acceptors (Lipinski definition) is 5. The van der Waals surface area contributed by atoms with Gasteiger partial charge in [-0.2, -0.15) is 14.5 Å². The third kappa shape index (κ3) is 3.70. The fourth-order valence-corrected chi connectivity index (χ4v) is 5.29. The molecule has 1 atom stereocenters. The van der Waals surface area contributed by atoms with E-state index in [0.717, 1.165) is 11.3 Å². The van der Waals surface area contributed by atoms with E-state index in [2.05, 4.69) is 10.2 Å². The molecule has 1 fully saturated rings. The van der Waals surface area contributed by atoms with Crippen LogP contribution in [0.1, 0.15) is 29.8 Å². The molecule has 0 radical (unpaired) electrons. The number of carbonyl (C=O) groups is 1. The predicted molar refractivity (Wildman–Crippen MR) is 104 cm³/mol. The molecule has 3 heterocycles. The number of hydrogen-bond donors (Lipinski definition) is 0. The molecule has 2 aromatic heterocycles. The van der Waals surface area contributed by atoms with Gasteiger partial charge in [0.1, 0.15) is 4.90 Å². The van der Waals surface area contributed by atoms with Gasteiger partial charge >= 0.3 is 0 Å². The molecule has 0 N–H and O–H groups in total. The first-order valence-corrected chi connectivity index (χ1v) is 10.8. The lowest BCUT2D eigenvalue weighted by Crippen LogP contribution is -2.45. The lowest BCUT2D eigenvalue weighted by molar-refractivity contribution is -0.135. The number of sulfonamides is 1. The summed E-state index contributed by atoms with van der Waals surface area (Å²) in [4.78, 5) is 14.8. The van der Waals surface area contributed by atoms with E-state index in [9.17, 15) is 13.2 Å². The number of piperidine rings is 1. The molecule has 3 rings (SSSR count). The van der Waals surface area contributed by atoms with Crippen molar-refractivity contribution < 1.29 is 13.2 Å². The Bertz CT molecular complexity index is 978. The average Bonchev–Trinajstić information content (AvgIpc) is 3.17. The Morgan fingerprint density at radius 3 is 2.39 bits per heavy atom. The maximum atomic E-state index is 13.0. The summed E-state index contributed by atoms with van der Waals surface area (Å²) in [6, 6.07) is 0. The van der Waals surface area contributed by atoms with Crippen LogP contribution in [0.15, 0.2) is 17.3 Å². The second-order valence-corrected chi connectivity index (χ2v) is 9.40. The maximum absolute atomic E-state index is 13.0. The lowest BCUT2D eigenvalue weighted by Gasteiger charge is -2.33. The van der Waals surface area contributed by atoms with Crippen molar-refractivity contribution in [1.82, 2.24) is 28.8 Å². The highest BCUT2D eigenvalue weighted by atomic mass is 32.2. The molecule has 0 aliphatic carbocycles. The molecular formula is C18H28N6O3S. The van der Waals surface area contributed by atoms with Crippen molar-refractivity contribution >= 4 is 15.9 Å². The van der Waals surface area contributed by atoms with E-state index in [1.807, 2.05) is 14.0 Å². The summed E-state index contributed by atoms with van der Waals surface area (Å²) in [5.41, 5.74) is 2.60. The molecule has 1 amide bonds. The fraction of sp³-hybridized carbons (Fsp3) is 0.611. The van der Waals surface area contributed by atoms with Crippen molar-refractivity contribution in [3.63, 3.8) is 0 Å². The van der Waals surface area contributed by atoms with Crippen LogP contribution in [0.4, 0.5) is 0 Å². The Balaban J connectivity index is 1.72. The highest BCUT2D eigenvalue weighted by Crippen LogP contribution is 2.26. The molecule has 0 bridgehead atoms. The molecule has 2 aromatic rings. The van der Waals surface area contributed by atoms with Crippen molar-refractivity contribution in [2.24, 2.45) is 20.0 Å². The van der Waals surface area contributed by atoms with Crippen LogP contribution in [0, 0.1) is 19.8 Å². The molecule has 10 heteroatoms. The van der Waals surface area contributed by atoms with E-state index in [1.54, 1.807) is 41.5 Å². The van der Waals surface area contributed by atoms with Crippen molar-refractivity contribution in [2.75, 3.05) is 20.1 Å². The van der Waals surface area contributed by atoms with E-state index in [0.29, 0.717) is 31.6 Å². The third-order valence-corrected chi connectivity index (χ3v) is 7.63. The molecule has 0 saturated carbocycles.